The van der Waals surface area contributed by atoms with Gasteiger partial charge in [-0.1, -0.05) is 12.8 Å². The summed E-state index contributed by atoms with van der Waals surface area (Å²) in [6, 6.07) is 3.60. The van der Waals surface area contributed by atoms with Crippen LogP contribution in [-0.2, 0) is 4.74 Å². The van der Waals surface area contributed by atoms with Crippen LogP contribution in [0.1, 0.15) is 36.0 Å². The van der Waals surface area contributed by atoms with Crippen molar-refractivity contribution in [1.29, 1.82) is 0 Å². The number of amides is 1. The molecular weight excluding hydrogens is 597 g/mol. The first kappa shape index (κ1) is 27.2. The number of thiophene rings is 1. The monoisotopic (exact) mass is 624 g/mol. The van der Waals surface area contributed by atoms with Gasteiger partial charge in [-0.3, -0.25) is 9.59 Å². The van der Waals surface area contributed by atoms with Crippen molar-refractivity contribution in [2.24, 2.45) is 11.5 Å². The lowest BCUT2D eigenvalue weighted by Gasteiger charge is -2.29. The van der Waals surface area contributed by atoms with Crippen molar-refractivity contribution >= 4 is 77.7 Å². The molecule has 218 valence electrons. The minimum Gasteiger partial charge on any atom is -0.378 e. The van der Waals surface area contributed by atoms with Crippen LogP contribution in [0.2, 0.25) is 0 Å². The Kier molecular flexibility index (Phi) is 7.23. The molecule has 1 aliphatic carbocycles. The third-order valence-electron chi connectivity index (χ3n) is 7.58. The van der Waals surface area contributed by atoms with Crippen LogP contribution < -0.4 is 32.4 Å². The highest BCUT2D eigenvalue weighted by molar-refractivity contribution is 7.29. The van der Waals surface area contributed by atoms with E-state index in [2.05, 4.69) is 30.0 Å². The summed E-state index contributed by atoms with van der Waals surface area (Å²) in [7, 11) is 0. The number of nitrogens with two attached hydrogens (primary N) is 2. The van der Waals surface area contributed by atoms with Crippen molar-refractivity contribution in [3.05, 3.63) is 39.6 Å². The van der Waals surface area contributed by atoms with E-state index in [0.717, 1.165) is 63.6 Å². The van der Waals surface area contributed by atoms with E-state index in [1.807, 2.05) is 11.4 Å². The summed E-state index contributed by atoms with van der Waals surface area (Å²) in [5.41, 5.74) is 13.5. The van der Waals surface area contributed by atoms with Gasteiger partial charge in [0.1, 0.15) is 17.7 Å². The number of primary amides is 1. The molecule has 2 aliphatic rings. The maximum Gasteiger partial charge on any atom is 0.256 e. The molecule has 0 spiro atoms. The number of carbonyl (C=O) groups is 1. The number of rotatable bonds is 7. The first-order valence-corrected chi connectivity index (χ1v) is 16.1. The van der Waals surface area contributed by atoms with Crippen molar-refractivity contribution in [3.8, 4) is 10.4 Å². The molecule has 7 rings (SSSR count). The number of fused-ring (bicyclic) bond motifs is 2. The standard InChI is InChI=1S/C26H28N10O3S3/c27-14-3-1-2-4-15(14)31-26-33-24(20(23(28)38)25-29-12-30-36(25)26)32-18-10-17(42-34-18)13-11-40-22-16(37)9-19(41-21(13)22)35-5-7-39-8-6-35/h9-12,14-15H,1-8,27H2,(H2,28,38)(H,31,33)(H,32,34)/t14-,15+/m1/s1. The minimum atomic E-state index is -0.691. The fraction of sp³-hybridized carbons (Fsp3) is 0.385. The summed E-state index contributed by atoms with van der Waals surface area (Å²) in [6.45, 7) is 2.80. The second-order valence-corrected chi connectivity index (χ2v) is 13.0. The molecule has 5 aromatic rings. The summed E-state index contributed by atoms with van der Waals surface area (Å²) < 4.78 is 13.2. The molecule has 1 saturated carbocycles. The largest absolute Gasteiger partial charge is 0.378 e. The summed E-state index contributed by atoms with van der Waals surface area (Å²) in [4.78, 5) is 37.6. The highest BCUT2D eigenvalue weighted by atomic mass is 32.1. The Labute approximate surface area is 251 Å². The third-order valence-corrected chi connectivity index (χ3v) is 10.7. The molecule has 1 amide bonds. The number of carbonyl (C=O) groups excluding carboxylic acids is 1. The molecule has 2 fully saturated rings. The fourth-order valence-corrected chi connectivity index (χ4v) is 8.65. The van der Waals surface area contributed by atoms with Gasteiger partial charge in [0.25, 0.3) is 5.91 Å². The van der Waals surface area contributed by atoms with Crippen molar-refractivity contribution in [3.63, 3.8) is 0 Å². The average Bonchev–Trinajstić information content (AvgIpc) is 3.75. The van der Waals surface area contributed by atoms with Gasteiger partial charge in [0, 0.05) is 48.2 Å². The topological polar surface area (TPSA) is 179 Å². The molecule has 0 aromatic carbocycles. The summed E-state index contributed by atoms with van der Waals surface area (Å²) in [5, 5.41) is 13.8. The molecule has 2 atom stereocenters. The second-order valence-electron chi connectivity index (χ2n) is 10.3. The van der Waals surface area contributed by atoms with Gasteiger partial charge >= 0.3 is 0 Å². The van der Waals surface area contributed by atoms with Crippen LogP contribution in [0.3, 0.4) is 0 Å². The second kappa shape index (κ2) is 11.2. The van der Waals surface area contributed by atoms with Gasteiger partial charge in [-0.25, -0.2) is 4.98 Å². The van der Waals surface area contributed by atoms with E-state index in [4.69, 9.17) is 21.2 Å². The van der Waals surface area contributed by atoms with Crippen molar-refractivity contribution in [1.82, 2.24) is 24.0 Å². The maximum absolute atomic E-state index is 13.0. The summed E-state index contributed by atoms with van der Waals surface area (Å²) in [6.07, 6.45) is 5.35. The van der Waals surface area contributed by atoms with Gasteiger partial charge in [-0.15, -0.1) is 22.7 Å². The average molecular weight is 625 g/mol. The van der Waals surface area contributed by atoms with Crippen molar-refractivity contribution < 1.29 is 9.53 Å². The number of morpholine rings is 1. The molecule has 5 aromatic heterocycles. The quantitative estimate of drug-likeness (QED) is 0.209. The molecule has 6 heterocycles. The lowest BCUT2D eigenvalue weighted by atomic mass is 9.91. The van der Waals surface area contributed by atoms with Crippen LogP contribution in [0.25, 0.3) is 25.5 Å². The van der Waals surface area contributed by atoms with Crippen molar-refractivity contribution in [2.75, 3.05) is 41.8 Å². The Morgan fingerprint density at radius 3 is 2.79 bits per heavy atom. The number of aromatic nitrogens is 5. The Morgan fingerprint density at radius 2 is 1.98 bits per heavy atom. The minimum absolute atomic E-state index is 0.0122. The normalized spacial score (nSPS) is 19.4. The molecule has 6 N–H and O–H groups in total. The third kappa shape index (κ3) is 4.98. The van der Waals surface area contributed by atoms with Crippen LogP contribution in [0.5, 0.6) is 0 Å². The molecule has 1 saturated heterocycles. The van der Waals surface area contributed by atoms with Crippen LogP contribution in [0.15, 0.2) is 28.6 Å². The van der Waals surface area contributed by atoms with Gasteiger partial charge < -0.3 is 31.7 Å². The van der Waals surface area contributed by atoms with E-state index in [0.29, 0.717) is 25.0 Å². The van der Waals surface area contributed by atoms with Gasteiger partial charge in [0.2, 0.25) is 5.95 Å². The van der Waals surface area contributed by atoms with E-state index in [-0.39, 0.29) is 34.5 Å². The molecular formula is C26H28N10O3S3. The summed E-state index contributed by atoms with van der Waals surface area (Å²) >= 11 is 4.34. The SMILES string of the molecule is NC(=O)c1c(Nc2cc(-c3csc4c(=O)cc(N5CCOCC5)sc34)sn2)nc(N[C@H]2CCCC[C@H]2N)n2ncnc12. The van der Waals surface area contributed by atoms with E-state index in [1.54, 1.807) is 17.4 Å². The Balaban J connectivity index is 1.23. The maximum atomic E-state index is 13.0. The fourth-order valence-electron chi connectivity index (χ4n) is 5.42. The first-order chi connectivity index (χ1) is 20.5. The van der Waals surface area contributed by atoms with E-state index >= 15 is 0 Å². The Hall–Kier alpha value is -3.70. The lowest BCUT2D eigenvalue weighted by molar-refractivity contribution is 0.100. The summed E-state index contributed by atoms with van der Waals surface area (Å²) in [5.74, 6) is 0.437. The Bertz CT molecular complexity index is 1840. The Morgan fingerprint density at radius 1 is 1.14 bits per heavy atom. The predicted octanol–water partition coefficient (Wildman–Crippen LogP) is 3.25. The number of anilines is 4. The number of nitrogens with zero attached hydrogens (tertiary/aromatic N) is 6. The number of hydrogen-bond acceptors (Lipinski definition) is 14. The van der Waals surface area contributed by atoms with Crippen LogP contribution >= 0.6 is 34.2 Å². The zero-order valence-electron chi connectivity index (χ0n) is 22.4. The highest BCUT2D eigenvalue weighted by Crippen LogP contribution is 2.41. The first-order valence-electron chi connectivity index (χ1n) is 13.6. The van der Waals surface area contributed by atoms with Crippen molar-refractivity contribution in [2.45, 2.75) is 37.8 Å². The molecule has 16 heteroatoms. The molecule has 0 bridgehead atoms. The molecule has 1 aliphatic heterocycles. The number of ether oxygens (including phenoxy) is 1. The lowest BCUT2D eigenvalue weighted by Crippen LogP contribution is -2.43. The molecule has 0 unspecified atom stereocenters. The molecule has 0 radical (unpaired) electrons. The van der Waals surface area contributed by atoms with Crippen LogP contribution in [-0.4, -0.2) is 68.2 Å². The number of hydrogen-bond donors (Lipinski definition) is 4. The van der Waals surface area contributed by atoms with Gasteiger partial charge in [-0.05, 0) is 24.4 Å². The van der Waals surface area contributed by atoms with E-state index in [9.17, 15) is 9.59 Å². The smallest absolute Gasteiger partial charge is 0.256 e. The predicted molar refractivity (Wildman–Crippen MR) is 167 cm³/mol. The van der Waals surface area contributed by atoms with E-state index in [1.165, 1.54) is 33.7 Å². The molecule has 42 heavy (non-hydrogen) atoms. The zero-order valence-corrected chi connectivity index (χ0v) is 24.9. The van der Waals surface area contributed by atoms with Crippen LogP contribution in [0, 0.1) is 0 Å². The van der Waals surface area contributed by atoms with Crippen LogP contribution in [0.4, 0.5) is 22.6 Å². The van der Waals surface area contributed by atoms with Gasteiger partial charge in [0.15, 0.2) is 16.9 Å². The van der Waals surface area contributed by atoms with E-state index < -0.39 is 5.91 Å². The number of nitrogens with one attached hydrogen (secondary N) is 2. The molecule has 13 nitrogen and oxygen atoms in total. The highest BCUT2D eigenvalue weighted by Gasteiger charge is 2.26. The van der Waals surface area contributed by atoms with Gasteiger partial charge in [0.05, 0.1) is 32.5 Å². The zero-order chi connectivity index (χ0) is 28.8. The van der Waals surface area contributed by atoms with Gasteiger partial charge in [-0.2, -0.15) is 19.0 Å².